The highest BCUT2D eigenvalue weighted by molar-refractivity contribution is 14.0. The van der Waals surface area contributed by atoms with Crippen LogP contribution in [-0.4, -0.2) is 70.2 Å². The summed E-state index contributed by atoms with van der Waals surface area (Å²) in [5, 5.41) is 5.95. The Bertz CT molecular complexity index is 572. The van der Waals surface area contributed by atoms with Gasteiger partial charge in [-0.2, -0.15) is 0 Å². The molecule has 0 saturated carbocycles. The number of guanidine groups is 1. The molecule has 0 aromatic heterocycles. The maximum atomic E-state index is 11.5. The summed E-state index contributed by atoms with van der Waals surface area (Å²) in [5.74, 6) is 1.29. The van der Waals surface area contributed by atoms with Crippen LogP contribution in [0.2, 0.25) is 0 Å². The molecule has 10 heteroatoms. The zero-order valence-corrected chi connectivity index (χ0v) is 19.6. The zero-order chi connectivity index (χ0) is 19.1. The number of hydrogen-bond acceptors (Lipinski definition) is 4. The first-order valence-electron chi connectivity index (χ1n) is 8.79. The van der Waals surface area contributed by atoms with E-state index in [2.05, 4.69) is 25.2 Å². The van der Waals surface area contributed by atoms with Crippen molar-refractivity contribution in [3.63, 3.8) is 0 Å². The van der Waals surface area contributed by atoms with Crippen LogP contribution in [0.15, 0.2) is 4.99 Å². The van der Waals surface area contributed by atoms with Crippen molar-refractivity contribution in [2.75, 3.05) is 39.5 Å². The quantitative estimate of drug-likeness (QED) is 0.270. The molecule has 0 aliphatic carbocycles. The SMILES string of the molecule is CCNC(=NCC(C)(C)NS(C)(=O)=O)N1CCC(CC(=O)NC)CC1.I. The molecule has 8 nitrogen and oxygen atoms in total. The normalized spacial score (nSPS) is 16.8. The van der Waals surface area contributed by atoms with Gasteiger partial charge in [-0.1, -0.05) is 0 Å². The van der Waals surface area contributed by atoms with E-state index in [1.54, 1.807) is 7.05 Å². The monoisotopic (exact) mass is 503 g/mol. The fourth-order valence-electron chi connectivity index (χ4n) is 2.95. The van der Waals surface area contributed by atoms with E-state index in [0.717, 1.165) is 44.7 Å². The summed E-state index contributed by atoms with van der Waals surface area (Å²) in [5.41, 5.74) is -0.647. The largest absolute Gasteiger partial charge is 0.359 e. The molecule has 154 valence electrons. The number of likely N-dealkylation sites (tertiary alicyclic amines) is 1. The van der Waals surface area contributed by atoms with Crippen molar-refractivity contribution < 1.29 is 13.2 Å². The molecule has 0 unspecified atom stereocenters. The van der Waals surface area contributed by atoms with Crippen LogP contribution in [0, 0.1) is 5.92 Å². The van der Waals surface area contributed by atoms with Gasteiger partial charge in [0.15, 0.2) is 5.96 Å². The van der Waals surface area contributed by atoms with Gasteiger partial charge in [-0.05, 0) is 39.5 Å². The molecule has 1 fully saturated rings. The average Bonchev–Trinajstić information content (AvgIpc) is 2.50. The first-order valence-corrected chi connectivity index (χ1v) is 10.7. The van der Waals surface area contributed by atoms with Gasteiger partial charge in [-0.3, -0.25) is 9.79 Å². The zero-order valence-electron chi connectivity index (χ0n) is 16.5. The van der Waals surface area contributed by atoms with Crippen LogP contribution in [0.3, 0.4) is 0 Å². The van der Waals surface area contributed by atoms with Gasteiger partial charge in [-0.15, -0.1) is 24.0 Å². The number of carbonyl (C=O) groups excluding carboxylic acids is 1. The van der Waals surface area contributed by atoms with Crippen molar-refractivity contribution in [2.24, 2.45) is 10.9 Å². The van der Waals surface area contributed by atoms with E-state index < -0.39 is 15.6 Å². The molecule has 1 heterocycles. The van der Waals surface area contributed by atoms with E-state index in [0.29, 0.717) is 18.9 Å². The Kier molecular flexibility index (Phi) is 11.0. The molecule has 0 spiro atoms. The second-order valence-electron chi connectivity index (χ2n) is 7.24. The molecule has 1 rings (SSSR count). The molecule has 3 N–H and O–H groups in total. The number of carbonyl (C=O) groups is 1. The van der Waals surface area contributed by atoms with Crippen molar-refractivity contribution in [1.82, 2.24) is 20.3 Å². The van der Waals surface area contributed by atoms with Crippen molar-refractivity contribution in [3.05, 3.63) is 0 Å². The van der Waals surface area contributed by atoms with Crippen LogP contribution >= 0.6 is 24.0 Å². The standard InChI is InChI=1S/C16H33N5O3S.HI/c1-6-18-15(19-12-16(2,3)20-25(5,23)24)21-9-7-13(8-10-21)11-14(22)17-4;/h13,20H,6-12H2,1-5H3,(H,17,22)(H,18,19);1H. The number of amides is 1. The Labute approximate surface area is 175 Å². The molecular weight excluding hydrogens is 469 g/mol. The van der Waals surface area contributed by atoms with Gasteiger partial charge >= 0.3 is 0 Å². The van der Waals surface area contributed by atoms with Gasteiger partial charge in [0.25, 0.3) is 0 Å². The lowest BCUT2D eigenvalue weighted by Gasteiger charge is -2.34. The number of hydrogen-bond donors (Lipinski definition) is 3. The summed E-state index contributed by atoms with van der Waals surface area (Å²) in [7, 11) is -1.61. The number of nitrogens with zero attached hydrogens (tertiary/aromatic N) is 2. The van der Waals surface area contributed by atoms with Crippen LogP contribution < -0.4 is 15.4 Å². The van der Waals surface area contributed by atoms with E-state index in [-0.39, 0.29) is 29.9 Å². The minimum absolute atomic E-state index is 0. The van der Waals surface area contributed by atoms with E-state index in [9.17, 15) is 13.2 Å². The lowest BCUT2D eigenvalue weighted by Crippen LogP contribution is -2.49. The smallest absolute Gasteiger partial charge is 0.220 e. The van der Waals surface area contributed by atoms with Gasteiger partial charge in [0.05, 0.1) is 12.8 Å². The van der Waals surface area contributed by atoms with Gasteiger partial charge < -0.3 is 15.5 Å². The number of piperidine rings is 1. The number of sulfonamides is 1. The lowest BCUT2D eigenvalue weighted by molar-refractivity contribution is -0.121. The summed E-state index contributed by atoms with van der Waals surface area (Å²) >= 11 is 0. The van der Waals surface area contributed by atoms with Crippen molar-refractivity contribution in [2.45, 2.75) is 45.6 Å². The Morgan fingerprint density at radius 2 is 1.85 bits per heavy atom. The Balaban J connectivity index is 0.00000625. The Morgan fingerprint density at radius 1 is 1.27 bits per heavy atom. The summed E-state index contributed by atoms with van der Waals surface area (Å²) in [4.78, 5) is 18.3. The Hall–Kier alpha value is -0.620. The van der Waals surface area contributed by atoms with E-state index in [1.165, 1.54) is 0 Å². The van der Waals surface area contributed by atoms with Crippen molar-refractivity contribution in [1.29, 1.82) is 0 Å². The lowest BCUT2D eigenvalue weighted by atomic mass is 9.93. The maximum Gasteiger partial charge on any atom is 0.220 e. The molecular formula is C16H34IN5O3S. The molecule has 1 aliphatic rings. The fourth-order valence-corrected chi connectivity index (χ4v) is 4.01. The van der Waals surface area contributed by atoms with E-state index in [1.807, 2.05) is 20.8 Å². The summed E-state index contributed by atoms with van der Waals surface area (Å²) in [6.45, 7) is 8.42. The topological polar surface area (TPSA) is 103 Å². The van der Waals surface area contributed by atoms with Crippen LogP contribution in [0.5, 0.6) is 0 Å². The molecule has 26 heavy (non-hydrogen) atoms. The third-order valence-corrected chi connectivity index (χ3v) is 5.01. The van der Waals surface area contributed by atoms with Crippen LogP contribution in [-0.2, 0) is 14.8 Å². The van der Waals surface area contributed by atoms with Gasteiger partial charge in [0.1, 0.15) is 0 Å². The number of rotatable bonds is 7. The highest BCUT2D eigenvalue weighted by Crippen LogP contribution is 2.20. The summed E-state index contributed by atoms with van der Waals surface area (Å²) in [6, 6.07) is 0. The number of halogens is 1. The van der Waals surface area contributed by atoms with Crippen molar-refractivity contribution >= 4 is 45.9 Å². The highest BCUT2D eigenvalue weighted by atomic mass is 127. The summed E-state index contributed by atoms with van der Waals surface area (Å²) in [6.07, 6.45) is 3.62. The van der Waals surface area contributed by atoms with Gasteiger partial charge in [0.2, 0.25) is 15.9 Å². The molecule has 0 aromatic carbocycles. The molecule has 1 amide bonds. The third kappa shape index (κ3) is 9.91. The first kappa shape index (κ1) is 25.4. The van der Waals surface area contributed by atoms with Crippen LogP contribution in [0.1, 0.15) is 40.0 Å². The van der Waals surface area contributed by atoms with E-state index in [4.69, 9.17) is 0 Å². The van der Waals surface area contributed by atoms with Crippen molar-refractivity contribution in [3.8, 4) is 0 Å². The molecule has 0 bridgehead atoms. The van der Waals surface area contributed by atoms with Gasteiger partial charge in [-0.25, -0.2) is 13.1 Å². The maximum absolute atomic E-state index is 11.5. The second kappa shape index (κ2) is 11.3. The van der Waals surface area contributed by atoms with Crippen LogP contribution in [0.4, 0.5) is 0 Å². The van der Waals surface area contributed by atoms with Crippen LogP contribution in [0.25, 0.3) is 0 Å². The predicted molar refractivity (Wildman–Crippen MR) is 116 cm³/mol. The molecule has 0 aromatic rings. The highest BCUT2D eigenvalue weighted by Gasteiger charge is 2.25. The first-order chi connectivity index (χ1) is 11.6. The van der Waals surface area contributed by atoms with Gasteiger partial charge in [0, 0.05) is 38.6 Å². The minimum Gasteiger partial charge on any atom is -0.359 e. The third-order valence-electron chi connectivity index (χ3n) is 4.09. The number of nitrogens with one attached hydrogen (secondary N) is 3. The average molecular weight is 503 g/mol. The molecule has 1 saturated heterocycles. The predicted octanol–water partition coefficient (Wildman–Crippen LogP) is 0.746. The Morgan fingerprint density at radius 3 is 2.31 bits per heavy atom. The minimum atomic E-state index is -3.28. The van der Waals surface area contributed by atoms with E-state index >= 15 is 0 Å². The fraction of sp³-hybridized carbons (Fsp3) is 0.875. The molecule has 0 radical (unpaired) electrons. The molecule has 1 aliphatic heterocycles. The second-order valence-corrected chi connectivity index (χ2v) is 8.98. The molecule has 0 atom stereocenters. The summed E-state index contributed by atoms with van der Waals surface area (Å²) < 4.78 is 25.5. The number of aliphatic imine (C=N–C) groups is 1.